The van der Waals surface area contributed by atoms with E-state index < -0.39 is 11.2 Å². The second-order valence-electron chi connectivity index (χ2n) is 5.13. The Morgan fingerprint density at radius 1 is 1.00 bits per heavy atom. The molecule has 0 spiro atoms. The highest BCUT2D eigenvalue weighted by Gasteiger charge is 2.05. The minimum absolute atomic E-state index is 0.0244. The quantitative estimate of drug-likeness (QED) is 0.728. The van der Waals surface area contributed by atoms with Crippen LogP contribution in [0, 0.1) is 5.82 Å². The van der Waals surface area contributed by atoms with Crippen molar-refractivity contribution in [3.8, 4) is 11.1 Å². The first-order valence-corrected chi connectivity index (χ1v) is 6.92. The number of aromatic amines is 1. The number of aromatic nitrogens is 2. The smallest absolute Gasteiger partial charge is 0.362 e. The Kier molecular flexibility index (Phi) is 3.80. The fourth-order valence-corrected chi connectivity index (χ4v) is 2.33. The van der Waals surface area contributed by atoms with Gasteiger partial charge in [-0.1, -0.05) is 41.1 Å². The molecule has 116 valence electrons. The minimum Gasteiger partial charge on any atom is -0.421 e. The SMILES string of the molecule is O=c1cc(Cc2ccc(-c3cccc(F)c3)cc2)[nH]c(=O)n1O. The van der Waals surface area contributed by atoms with E-state index in [2.05, 4.69) is 4.98 Å². The summed E-state index contributed by atoms with van der Waals surface area (Å²) in [5, 5.41) is 9.11. The van der Waals surface area contributed by atoms with Gasteiger partial charge in [0.05, 0.1) is 0 Å². The summed E-state index contributed by atoms with van der Waals surface area (Å²) in [6.07, 6.45) is 0.342. The van der Waals surface area contributed by atoms with E-state index >= 15 is 0 Å². The summed E-state index contributed by atoms with van der Waals surface area (Å²) >= 11 is 0. The van der Waals surface area contributed by atoms with E-state index in [1.54, 1.807) is 6.07 Å². The highest BCUT2D eigenvalue weighted by Crippen LogP contribution is 2.21. The van der Waals surface area contributed by atoms with Gasteiger partial charge >= 0.3 is 5.69 Å². The molecule has 0 aliphatic carbocycles. The third-order valence-corrected chi connectivity index (χ3v) is 3.47. The van der Waals surface area contributed by atoms with Crippen molar-refractivity contribution in [3.05, 3.63) is 92.5 Å². The summed E-state index contributed by atoms with van der Waals surface area (Å²) < 4.78 is 13.3. The predicted octanol–water partition coefficient (Wildman–Crippen LogP) is 2.17. The number of hydrogen-bond donors (Lipinski definition) is 2. The fraction of sp³-hybridized carbons (Fsp3) is 0.0588. The molecule has 0 saturated carbocycles. The Morgan fingerprint density at radius 3 is 2.39 bits per heavy atom. The molecule has 1 aromatic heterocycles. The molecule has 0 aliphatic rings. The average molecular weight is 312 g/mol. The number of hydrogen-bond acceptors (Lipinski definition) is 3. The van der Waals surface area contributed by atoms with Gasteiger partial charge in [0, 0.05) is 18.2 Å². The molecule has 6 heteroatoms. The van der Waals surface area contributed by atoms with E-state index in [0.717, 1.165) is 16.7 Å². The fourth-order valence-electron chi connectivity index (χ4n) is 2.33. The molecular weight excluding hydrogens is 299 g/mol. The third-order valence-electron chi connectivity index (χ3n) is 3.47. The molecule has 2 aromatic carbocycles. The summed E-state index contributed by atoms with van der Waals surface area (Å²) in [5.74, 6) is -0.297. The molecule has 0 bridgehead atoms. The normalized spacial score (nSPS) is 10.7. The lowest BCUT2D eigenvalue weighted by atomic mass is 10.0. The molecule has 5 nitrogen and oxygen atoms in total. The van der Waals surface area contributed by atoms with Crippen LogP contribution in [0.4, 0.5) is 4.39 Å². The van der Waals surface area contributed by atoms with Gasteiger partial charge in [0.25, 0.3) is 5.56 Å². The van der Waals surface area contributed by atoms with Gasteiger partial charge in [0.1, 0.15) is 5.82 Å². The number of H-pyrrole nitrogens is 1. The topological polar surface area (TPSA) is 75.1 Å². The second kappa shape index (κ2) is 5.92. The van der Waals surface area contributed by atoms with E-state index in [1.807, 2.05) is 30.3 Å². The maximum Gasteiger partial charge on any atom is 0.362 e. The van der Waals surface area contributed by atoms with E-state index in [4.69, 9.17) is 5.21 Å². The molecule has 0 radical (unpaired) electrons. The van der Waals surface area contributed by atoms with Gasteiger partial charge in [-0.25, -0.2) is 9.18 Å². The highest BCUT2D eigenvalue weighted by atomic mass is 19.1. The lowest BCUT2D eigenvalue weighted by molar-refractivity contribution is 0.160. The second-order valence-corrected chi connectivity index (χ2v) is 5.13. The molecule has 2 N–H and O–H groups in total. The molecule has 0 amide bonds. The molecule has 3 aromatic rings. The summed E-state index contributed by atoms with van der Waals surface area (Å²) in [6.45, 7) is 0. The Bertz CT molecular complexity index is 927. The van der Waals surface area contributed by atoms with Crippen LogP contribution in [0.25, 0.3) is 11.1 Å². The predicted molar refractivity (Wildman–Crippen MR) is 83.1 cm³/mol. The Morgan fingerprint density at radius 2 is 1.74 bits per heavy atom. The Labute approximate surface area is 130 Å². The zero-order chi connectivity index (χ0) is 16.4. The zero-order valence-electron chi connectivity index (χ0n) is 12.0. The van der Waals surface area contributed by atoms with Crippen molar-refractivity contribution in [2.24, 2.45) is 0 Å². The largest absolute Gasteiger partial charge is 0.421 e. The third kappa shape index (κ3) is 3.21. The van der Waals surface area contributed by atoms with Crippen molar-refractivity contribution in [3.63, 3.8) is 0 Å². The molecular formula is C17H13FN2O3. The maximum atomic E-state index is 13.2. The van der Waals surface area contributed by atoms with Gasteiger partial charge in [0.2, 0.25) is 0 Å². The van der Waals surface area contributed by atoms with Gasteiger partial charge in [-0.15, -0.1) is 0 Å². The standard InChI is InChI=1S/C17H13FN2O3/c18-14-3-1-2-13(9-14)12-6-4-11(5-7-12)8-15-10-16(21)20(23)17(22)19-15/h1-7,9-10,23H,8H2,(H,19,22). The van der Waals surface area contributed by atoms with Crippen molar-refractivity contribution in [2.45, 2.75) is 6.42 Å². The molecule has 23 heavy (non-hydrogen) atoms. The number of nitrogens with zero attached hydrogens (tertiary/aromatic N) is 1. The van der Waals surface area contributed by atoms with Crippen LogP contribution in [-0.4, -0.2) is 14.9 Å². The lowest BCUT2D eigenvalue weighted by Gasteiger charge is -2.05. The van der Waals surface area contributed by atoms with Crippen LogP contribution in [0.1, 0.15) is 11.3 Å². The molecule has 0 saturated heterocycles. The minimum atomic E-state index is -0.871. The van der Waals surface area contributed by atoms with Crippen molar-refractivity contribution >= 4 is 0 Å². The number of halogens is 1. The van der Waals surface area contributed by atoms with Crippen LogP contribution >= 0.6 is 0 Å². The summed E-state index contributed by atoms with van der Waals surface area (Å²) in [4.78, 5) is 25.1. The Hall–Kier alpha value is -3.15. The monoisotopic (exact) mass is 312 g/mol. The Balaban J connectivity index is 1.86. The highest BCUT2D eigenvalue weighted by molar-refractivity contribution is 5.63. The van der Waals surface area contributed by atoms with Crippen molar-refractivity contribution in [1.29, 1.82) is 0 Å². The van der Waals surface area contributed by atoms with Crippen LogP contribution < -0.4 is 11.2 Å². The van der Waals surface area contributed by atoms with Gasteiger partial charge < -0.3 is 10.2 Å². The zero-order valence-corrected chi connectivity index (χ0v) is 12.0. The molecule has 0 aliphatic heterocycles. The number of benzene rings is 2. The van der Waals surface area contributed by atoms with E-state index in [0.29, 0.717) is 12.1 Å². The maximum absolute atomic E-state index is 13.2. The van der Waals surface area contributed by atoms with Crippen LogP contribution in [0.15, 0.2) is 64.2 Å². The van der Waals surface area contributed by atoms with E-state index in [-0.39, 0.29) is 10.5 Å². The first-order chi connectivity index (χ1) is 11.0. The molecule has 0 unspecified atom stereocenters. The van der Waals surface area contributed by atoms with Gasteiger partial charge in [0.15, 0.2) is 0 Å². The van der Waals surface area contributed by atoms with Gasteiger partial charge in [-0.05, 0) is 28.8 Å². The van der Waals surface area contributed by atoms with Crippen molar-refractivity contribution < 1.29 is 9.60 Å². The van der Waals surface area contributed by atoms with Crippen LogP contribution in [0.3, 0.4) is 0 Å². The molecule has 0 atom stereocenters. The van der Waals surface area contributed by atoms with Crippen LogP contribution in [0.5, 0.6) is 0 Å². The first-order valence-electron chi connectivity index (χ1n) is 6.92. The molecule has 1 heterocycles. The summed E-state index contributed by atoms with van der Waals surface area (Å²) in [6, 6.07) is 14.8. The van der Waals surface area contributed by atoms with E-state index in [9.17, 15) is 14.0 Å². The van der Waals surface area contributed by atoms with Gasteiger partial charge in [-0.2, -0.15) is 0 Å². The summed E-state index contributed by atoms with van der Waals surface area (Å²) in [7, 11) is 0. The average Bonchev–Trinajstić information content (AvgIpc) is 2.53. The van der Waals surface area contributed by atoms with Gasteiger partial charge in [-0.3, -0.25) is 4.79 Å². The van der Waals surface area contributed by atoms with Crippen molar-refractivity contribution in [1.82, 2.24) is 9.71 Å². The van der Waals surface area contributed by atoms with Crippen LogP contribution in [-0.2, 0) is 6.42 Å². The lowest BCUT2D eigenvalue weighted by Crippen LogP contribution is -2.33. The van der Waals surface area contributed by atoms with Crippen molar-refractivity contribution in [2.75, 3.05) is 0 Å². The number of nitrogens with one attached hydrogen (secondary N) is 1. The molecule has 0 fully saturated rings. The van der Waals surface area contributed by atoms with Crippen LogP contribution in [0.2, 0.25) is 0 Å². The first kappa shape index (κ1) is 14.8. The van der Waals surface area contributed by atoms with E-state index in [1.165, 1.54) is 18.2 Å². The molecule has 3 rings (SSSR count). The number of rotatable bonds is 3. The summed E-state index contributed by atoms with van der Waals surface area (Å²) in [5.41, 5.74) is 1.27.